The van der Waals surface area contributed by atoms with E-state index in [0.29, 0.717) is 16.6 Å². The molecule has 1 aliphatic heterocycles. The quantitative estimate of drug-likeness (QED) is 0.539. The van der Waals surface area contributed by atoms with Crippen molar-refractivity contribution in [2.75, 3.05) is 0 Å². The van der Waals surface area contributed by atoms with E-state index in [-0.39, 0.29) is 18.3 Å². The molecule has 5 heteroatoms. The second kappa shape index (κ2) is 7.28. The molecule has 1 aliphatic rings. The monoisotopic (exact) mass is 413 g/mol. The Morgan fingerprint density at radius 1 is 0.862 bits per heavy atom. The van der Waals surface area contributed by atoms with E-state index in [9.17, 15) is 0 Å². The van der Waals surface area contributed by atoms with E-state index in [1.165, 1.54) is 21.9 Å². The lowest BCUT2D eigenvalue weighted by Crippen LogP contribution is -2.52. The molecule has 3 nitrogen and oxygen atoms in total. The molecule has 0 saturated carbocycles. The van der Waals surface area contributed by atoms with E-state index < -0.39 is 8.24 Å². The lowest BCUT2D eigenvalue weighted by Gasteiger charge is -2.44. The van der Waals surface area contributed by atoms with Crippen molar-refractivity contribution in [2.24, 2.45) is 0 Å². The normalized spacial score (nSPS) is 19.3. The van der Waals surface area contributed by atoms with Crippen molar-refractivity contribution in [1.29, 1.82) is 0 Å². The van der Waals surface area contributed by atoms with Crippen molar-refractivity contribution < 1.29 is 9.31 Å². The molecule has 0 N–H and O–H groups in total. The zero-order chi connectivity index (χ0) is 21.9. The fourth-order valence-corrected chi connectivity index (χ4v) is 12.5. The lowest BCUT2D eigenvalue weighted by molar-refractivity contribution is 0.00578. The standard InChI is InChI=1S/C24H40BNO2Si/c1-16(2)29(17(3)4,18(5)6)26-15-21(20-14-12-13-19(7)22(20)26)25-27-23(8,9)24(10,11)28-25/h12-18H,1-11H3. The second-order valence-corrected chi connectivity index (χ2v) is 16.6. The maximum Gasteiger partial charge on any atom is 0.497 e. The molecule has 160 valence electrons. The Kier molecular flexibility index (Phi) is 5.68. The van der Waals surface area contributed by atoms with Gasteiger partial charge < -0.3 is 13.5 Å². The second-order valence-electron chi connectivity index (χ2n) is 10.9. The van der Waals surface area contributed by atoms with Crippen molar-refractivity contribution in [3.05, 3.63) is 30.0 Å². The number of hydrogen-bond acceptors (Lipinski definition) is 2. The van der Waals surface area contributed by atoms with Crippen LogP contribution in [-0.2, 0) is 9.31 Å². The molecule has 0 amide bonds. The highest BCUT2D eigenvalue weighted by molar-refractivity contribution is 6.83. The molecule has 2 heterocycles. The van der Waals surface area contributed by atoms with Crippen molar-refractivity contribution >= 4 is 31.7 Å². The molecule has 0 unspecified atom stereocenters. The Balaban J connectivity index is 2.32. The van der Waals surface area contributed by atoms with Gasteiger partial charge in [0.1, 0.15) is 0 Å². The Bertz CT molecular complexity index is 860. The van der Waals surface area contributed by atoms with Gasteiger partial charge in [0, 0.05) is 11.0 Å². The van der Waals surface area contributed by atoms with Crippen molar-refractivity contribution in [1.82, 2.24) is 4.23 Å². The van der Waals surface area contributed by atoms with Crippen LogP contribution in [0.5, 0.6) is 0 Å². The molecule has 0 radical (unpaired) electrons. The van der Waals surface area contributed by atoms with E-state index in [1.807, 2.05) is 0 Å². The first-order valence-corrected chi connectivity index (χ1v) is 13.4. The average molecular weight is 413 g/mol. The molecule has 0 atom stereocenters. The summed E-state index contributed by atoms with van der Waals surface area (Å²) in [6.45, 7) is 25.3. The minimum absolute atomic E-state index is 0.330. The van der Waals surface area contributed by atoms with E-state index in [4.69, 9.17) is 9.31 Å². The smallest absolute Gasteiger partial charge is 0.399 e. The van der Waals surface area contributed by atoms with Gasteiger partial charge in [-0.25, -0.2) is 0 Å². The number of para-hydroxylation sites is 1. The van der Waals surface area contributed by atoms with Crippen LogP contribution in [0.25, 0.3) is 10.9 Å². The third-order valence-corrected chi connectivity index (χ3v) is 14.5. The summed E-state index contributed by atoms with van der Waals surface area (Å²) in [6, 6.07) is 6.66. The van der Waals surface area contributed by atoms with Gasteiger partial charge in [-0.1, -0.05) is 59.7 Å². The summed E-state index contributed by atoms with van der Waals surface area (Å²) in [6.07, 6.45) is 2.39. The van der Waals surface area contributed by atoms with Crippen LogP contribution in [0.3, 0.4) is 0 Å². The summed E-state index contributed by atoms with van der Waals surface area (Å²) in [5.74, 6) is 0. The van der Waals surface area contributed by atoms with Crippen LogP contribution in [-0.4, -0.2) is 30.8 Å². The highest BCUT2D eigenvalue weighted by atomic mass is 28.3. The third-order valence-electron chi connectivity index (χ3n) is 7.76. The van der Waals surface area contributed by atoms with E-state index in [0.717, 1.165) is 0 Å². The zero-order valence-corrected chi connectivity index (χ0v) is 21.4. The van der Waals surface area contributed by atoms with E-state index >= 15 is 0 Å². The van der Waals surface area contributed by atoms with Crippen LogP contribution in [0.2, 0.25) is 16.6 Å². The van der Waals surface area contributed by atoms with E-state index in [2.05, 4.69) is 105 Å². The van der Waals surface area contributed by atoms with Crippen molar-refractivity contribution in [2.45, 2.75) is 104 Å². The summed E-state index contributed by atoms with van der Waals surface area (Å²) < 4.78 is 15.7. The molecule has 2 aromatic rings. The molecule has 0 bridgehead atoms. The SMILES string of the molecule is Cc1cccc2c(B3OC(C)(C)C(C)(C)O3)cn([Si](C(C)C)(C(C)C)C(C)C)c12. The highest BCUT2D eigenvalue weighted by Crippen LogP contribution is 2.45. The number of hydrogen-bond donors (Lipinski definition) is 0. The van der Waals surface area contributed by atoms with Gasteiger partial charge in [0.15, 0.2) is 8.24 Å². The number of aryl methyl sites for hydroxylation is 1. The minimum atomic E-state index is -1.90. The molecular weight excluding hydrogens is 373 g/mol. The number of aromatic nitrogens is 1. The molecular formula is C24H40BNO2Si. The fraction of sp³-hybridized carbons (Fsp3) is 0.667. The lowest BCUT2D eigenvalue weighted by atomic mass is 9.79. The Hall–Kier alpha value is -1.04. The van der Waals surface area contributed by atoms with Crippen LogP contribution in [0.15, 0.2) is 24.4 Å². The van der Waals surface area contributed by atoms with Crippen molar-refractivity contribution in [3.63, 3.8) is 0 Å². The largest absolute Gasteiger partial charge is 0.497 e. The summed E-state index contributed by atoms with van der Waals surface area (Å²) in [5, 5.41) is 1.28. The first-order valence-electron chi connectivity index (χ1n) is 11.2. The molecule has 1 fully saturated rings. The number of rotatable bonds is 5. The van der Waals surface area contributed by atoms with Gasteiger partial charge in [-0.2, -0.15) is 0 Å². The molecule has 29 heavy (non-hydrogen) atoms. The third kappa shape index (κ3) is 3.24. The summed E-state index contributed by atoms with van der Waals surface area (Å²) in [7, 11) is -2.23. The van der Waals surface area contributed by atoms with Crippen LogP contribution in [0.1, 0.15) is 74.8 Å². The molecule has 1 aromatic heterocycles. The summed E-state index contributed by atoms with van der Waals surface area (Å²) in [5.41, 5.74) is 5.11. The molecule has 1 aromatic carbocycles. The predicted octanol–water partition coefficient (Wildman–Crippen LogP) is 6.27. The van der Waals surface area contributed by atoms with Crippen molar-refractivity contribution in [3.8, 4) is 0 Å². The number of nitrogens with zero attached hydrogens (tertiary/aromatic N) is 1. The maximum atomic E-state index is 6.49. The van der Waals surface area contributed by atoms with E-state index in [1.54, 1.807) is 0 Å². The van der Waals surface area contributed by atoms with Crippen LogP contribution in [0.4, 0.5) is 0 Å². The Labute approximate surface area is 179 Å². The average Bonchev–Trinajstić information content (AvgIpc) is 3.03. The number of fused-ring (bicyclic) bond motifs is 1. The van der Waals surface area contributed by atoms with Gasteiger partial charge in [0.2, 0.25) is 0 Å². The van der Waals surface area contributed by atoms with Gasteiger partial charge in [-0.05, 0) is 68.4 Å². The van der Waals surface area contributed by atoms with Gasteiger partial charge in [0.05, 0.1) is 11.2 Å². The topological polar surface area (TPSA) is 23.4 Å². The predicted molar refractivity (Wildman–Crippen MR) is 129 cm³/mol. The van der Waals surface area contributed by atoms with Gasteiger partial charge in [-0.3, -0.25) is 0 Å². The number of benzene rings is 1. The molecule has 1 saturated heterocycles. The highest BCUT2D eigenvalue weighted by Gasteiger charge is 2.53. The summed E-state index contributed by atoms with van der Waals surface area (Å²) in [4.78, 5) is 0. The van der Waals surface area contributed by atoms with Gasteiger partial charge in [-0.15, -0.1) is 0 Å². The Morgan fingerprint density at radius 2 is 1.34 bits per heavy atom. The fourth-order valence-electron chi connectivity index (χ4n) is 5.78. The maximum absolute atomic E-state index is 6.49. The molecule has 0 spiro atoms. The molecule has 0 aliphatic carbocycles. The van der Waals surface area contributed by atoms with Gasteiger partial charge >= 0.3 is 7.12 Å². The minimum Gasteiger partial charge on any atom is -0.399 e. The van der Waals surface area contributed by atoms with Gasteiger partial charge in [0.25, 0.3) is 0 Å². The summed E-state index contributed by atoms with van der Waals surface area (Å²) >= 11 is 0. The van der Waals surface area contributed by atoms with Crippen LogP contribution < -0.4 is 5.46 Å². The van der Waals surface area contributed by atoms with Crippen LogP contribution in [0, 0.1) is 6.92 Å². The first kappa shape index (κ1) is 22.6. The zero-order valence-electron chi connectivity index (χ0n) is 20.4. The van der Waals surface area contributed by atoms with Crippen LogP contribution >= 0.6 is 0 Å². The first-order chi connectivity index (χ1) is 13.3. The molecule has 3 rings (SSSR count). The Morgan fingerprint density at radius 3 is 1.79 bits per heavy atom.